The standard InChI is InChI=1S/C23H21N5O5/c1-3-32-23(31)16-12-18-19(24-13-16)7-9-28(22(18)30)10-8-20(29)26-17-6-4-5-15(11-17)21-25-14(2)33-27-21/h4-7,9,11-13H,3,8,10H2,1-2H3,(H,26,29). The van der Waals surface area contributed by atoms with Gasteiger partial charge in [0.1, 0.15) is 0 Å². The van der Waals surface area contributed by atoms with Gasteiger partial charge in [0.05, 0.1) is 23.1 Å². The average Bonchev–Trinajstić information content (AvgIpc) is 3.25. The number of carbonyl (C=O) groups excluding carboxylic acids is 2. The van der Waals surface area contributed by atoms with Crippen LogP contribution in [0.5, 0.6) is 0 Å². The molecule has 1 N–H and O–H groups in total. The highest BCUT2D eigenvalue weighted by Gasteiger charge is 2.12. The van der Waals surface area contributed by atoms with Crippen molar-refractivity contribution in [2.24, 2.45) is 0 Å². The Morgan fingerprint density at radius 1 is 1.21 bits per heavy atom. The molecule has 10 nitrogen and oxygen atoms in total. The van der Waals surface area contributed by atoms with E-state index in [0.717, 1.165) is 0 Å². The molecule has 0 atom stereocenters. The van der Waals surface area contributed by atoms with E-state index in [9.17, 15) is 14.4 Å². The van der Waals surface area contributed by atoms with Crippen LogP contribution < -0.4 is 10.9 Å². The Morgan fingerprint density at radius 3 is 2.82 bits per heavy atom. The van der Waals surface area contributed by atoms with Gasteiger partial charge in [0.2, 0.25) is 17.6 Å². The molecule has 168 valence electrons. The first-order valence-electron chi connectivity index (χ1n) is 10.3. The summed E-state index contributed by atoms with van der Waals surface area (Å²) in [7, 11) is 0. The summed E-state index contributed by atoms with van der Waals surface area (Å²) in [6.45, 7) is 3.79. The smallest absolute Gasteiger partial charge is 0.339 e. The third-order valence-electron chi connectivity index (χ3n) is 4.85. The van der Waals surface area contributed by atoms with Crippen molar-refractivity contribution in [3.63, 3.8) is 0 Å². The fourth-order valence-electron chi connectivity index (χ4n) is 3.26. The summed E-state index contributed by atoms with van der Waals surface area (Å²) >= 11 is 0. The van der Waals surface area contributed by atoms with Crippen molar-refractivity contribution in [3.8, 4) is 11.4 Å². The van der Waals surface area contributed by atoms with E-state index < -0.39 is 5.97 Å². The van der Waals surface area contributed by atoms with Gasteiger partial charge in [-0.05, 0) is 31.2 Å². The first-order valence-corrected chi connectivity index (χ1v) is 10.3. The molecule has 3 aromatic heterocycles. The van der Waals surface area contributed by atoms with E-state index >= 15 is 0 Å². The Hall–Kier alpha value is -4.34. The molecule has 4 rings (SSSR count). The zero-order chi connectivity index (χ0) is 23.4. The molecule has 10 heteroatoms. The first-order chi connectivity index (χ1) is 15.9. The second-order valence-electron chi connectivity index (χ2n) is 7.21. The average molecular weight is 447 g/mol. The number of fused-ring (bicyclic) bond motifs is 1. The minimum atomic E-state index is -0.542. The molecule has 0 saturated carbocycles. The lowest BCUT2D eigenvalue weighted by Gasteiger charge is -2.09. The van der Waals surface area contributed by atoms with Gasteiger partial charge in [-0.15, -0.1) is 0 Å². The minimum Gasteiger partial charge on any atom is -0.462 e. The van der Waals surface area contributed by atoms with Crippen molar-refractivity contribution in [2.45, 2.75) is 26.8 Å². The molecule has 33 heavy (non-hydrogen) atoms. The van der Waals surface area contributed by atoms with Crippen LogP contribution in [0.2, 0.25) is 0 Å². The highest BCUT2D eigenvalue weighted by Crippen LogP contribution is 2.20. The summed E-state index contributed by atoms with van der Waals surface area (Å²) in [4.78, 5) is 45.6. The summed E-state index contributed by atoms with van der Waals surface area (Å²) in [6.07, 6.45) is 3.03. The quantitative estimate of drug-likeness (QED) is 0.428. The van der Waals surface area contributed by atoms with E-state index in [0.29, 0.717) is 28.5 Å². The maximum absolute atomic E-state index is 12.9. The lowest BCUT2D eigenvalue weighted by atomic mass is 10.2. The number of rotatable bonds is 7. The summed E-state index contributed by atoms with van der Waals surface area (Å²) < 4.78 is 11.4. The van der Waals surface area contributed by atoms with E-state index in [1.807, 2.05) is 6.07 Å². The third-order valence-corrected chi connectivity index (χ3v) is 4.85. The van der Waals surface area contributed by atoms with Gasteiger partial charge in [0.15, 0.2) is 0 Å². The molecule has 0 bridgehead atoms. The van der Waals surface area contributed by atoms with Crippen molar-refractivity contribution < 1.29 is 18.8 Å². The summed E-state index contributed by atoms with van der Waals surface area (Å²) in [5, 5.41) is 6.97. The number of anilines is 1. The second-order valence-corrected chi connectivity index (χ2v) is 7.21. The summed E-state index contributed by atoms with van der Waals surface area (Å²) in [5.41, 5.74) is 1.61. The molecule has 0 spiro atoms. The van der Waals surface area contributed by atoms with Crippen LogP contribution in [0.15, 0.2) is 58.1 Å². The fourth-order valence-corrected chi connectivity index (χ4v) is 3.26. The van der Waals surface area contributed by atoms with E-state index in [1.165, 1.54) is 16.8 Å². The number of nitrogens with zero attached hydrogens (tertiary/aromatic N) is 4. The van der Waals surface area contributed by atoms with E-state index in [2.05, 4.69) is 20.4 Å². The Kier molecular flexibility index (Phi) is 6.25. The Bertz CT molecular complexity index is 1390. The highest BCUT2D eigenvalue weighted by molar-refractivity contribution is 5.93. The van der Waals surface area contributed by atoms with Gasteiger partial charge < -0.3 is 19.1 Å². The molecule has 3 heterocycles. The zero-order valence-electron chi connectivity index (χ0n) is 18.1. The SMILES string of the molecule is CCOC(=O)c1cnc2ccn(CCC(=O)Nc3cccc(-c4noc(C)n4)c3)c(=O)c2c1. The summed E-state index contributed by atoms with van der Waals surface area (Å²) in [5.74, 6) is 0.0769. The lowest BCUT2D eigenvalue weighted by molar-refractivity contribution is -0.116. The number of pyridine rings is 2. The molecule has 0 aliphatic rings. The molecule has 1 aromatic carbocycles. The van der Waals surface area contributed by atoms with Crippen LogP contribution in [0.25, 0.3) is 22.3 Å². The number of carbonyl (C=O) groups is 2. The zero-order valence-corrected chi connectivity index (χ0v) is 18.1. The van der Waals surface area contributed by atoms with Crippen molar-refractivity contribution in [2.75, 3.05) is 11.9 Å². The van der Waals surface area contributed by atoms with Crippen molar-refractivity contribution in [3.05, 3.63) is 70.6 Å². The monoisotopic (exact) mass is 447 g/mol. The number of hydrogen-bond donors (Lipinski definition) is 1. The van der Waals surface area contributed by atoms with Gasteiger partial charge in [0, 0.05) is 43.5 Å². The Labute approximate surface area is 188 Å². The van der Waals surface area contributed by atoms with Gasteiger partial charge >= 0.3 is 5.97 Å². The largest absolute Gasteiger partial charge is 0.462 e. The van der Waals surface area contributed by atoms with Gasteiger partial charge in [-0.25, -0.2) is 4.79 Å². The van der Waals surface area contributed by atoms with Gasteiger partial charge in [-0.2, -0.15) is 4.98 Å². The molecule has 0 aliphatic carbocycles. The fraction of sp³-hybridized carbons (Fsp3) is 0.217. The number of esters is 1. The number of nitrogens with one attached hydrogen (secondary N) is 1. The van der Waals surface area contributed by atoms with Gasteiger partial charge in [-0.1, -0.05) is 17.3 Å². The normalized spacial score (nSPS) is 10.8. The second kappa shape index (κ2) is 9.43. The molecule has 0 fully saturated rings. The number of ether oxygens (including phenoxy) is 1. The number of aromatic nitrogens is 4. The maximum atomic E-state index is 12.9. The predicted molar refractivity (Wildman–Crippen MR) is 120 cm³/mol. The van der Waals surface area contributed by atoms with Crippen molar-refractivity contribution in [1.29, 1.82) is 0 Å². The summed E-state index contributed by atoms with van der Waals surface area (Å²) in [6, 6.07) is 10.2. The van der Waals surface area contributed by atoms with Crippen molar-refractivity contribution >= 4 is 28.5 Å². The van der Waals surface area contributed by atoms with E-state index in [-0.39, 0.29) is 42.0 Å². The van der Waals surface area contributed by atoms with Crippen LogP contribution in [-0.4, -0.2) is 38.2 Å². The minimum absolute atomic E-state index is 0.0714. The number of hydrogen-bond acceptors (Lipinski definition) is 8. The topological polar surface area (TPSA) is 129 Å². The van der Waals surface area contributed by atoms with E-state index in [1.54, 1.807) is 44.3 Å². The van der Waals surface area contributed by atoms with Crippen LogP contribution in [0, 0.1) is 6.92 Å². The maximum Gasteiger partial charge on any atom is 0.339 e. The molecule has 0 aliphatic heterocycles. The predicted octanol–water partition coefficient (Wildman–Crippen LogP) is 2.96. The van der Waals surface area contributed by atoms with Crippen LogP contribution in [0.1, 0.15) is 29.6 Å². The number of amides is 1. The molecule has 1 amide bonds. The van der Waals surface area contributed by atoms with Gasteiger partial charge in [-0.3, -0.25) is 14.6 Å². The third kappa shape index (κ3) is 4.95. The molecule has 0 radical (unpaired) electrons. The van der Waals surface area contributed by atoms with Crippen LogP contribution in [0.4, 0.5) is 5.69 Å². The van der Waals surface area contributed by atoms with Gasteiger partial charge in [0.25, 0.3) is 5.56 Å². The molecule has 0 saturated heterocycles. The molecule has 0 unspecified atom stereocenters. The Balaban J connectivity index is 1.46. The van der Waals surface area contributed by atoms with Crippen molar-refractivity contribution in [1.82, 2.24) is 19.7 Å². The highest BCUT2D eigenvalue weighted by atomic mass is 16.5. The molecular weight excluding hydrogens is 426 g/mol. The Morgan fingerprint density at radius 2 is 2.06 bits per heavy atom. The van der Waals surface area contributed by atoms with Crippen LogP contribution in [-0.2, 0) is 16.1 Å². The first kappa shape index (κ1) is 21.9. The lowest BCUT2D eigenvalue weighted by Crippen LogP contribution is -2.23. The van der Waals surface area contributed by atoms with Crippen LogP contribution >= 0.6 is 0 Å². The van der Waals surface area contributed by atoms with Crippen LogP contribution in [0.3, 0.4) is 0 Å². The van der Waals surface area contributed by atoms with E-state index in [4.69, 9.17) is 9.26 Å². The molecule has 4 aromatic rings. The number of aryl methyl sites for hydroxylation is 2. The molecular formula is C23H21N5O5. The number of benzene rings is 1.